The quantitative estimate of drug-likeness (QED) is 0.0643. The van der Waals surface area contributed by atoms with Crippen LogP contribution in [0.4, 0.5) is 0 Å². The van der Waals surface area contributed by atoms with Crippen molar-refractivity contribution in [3.05, 3.63) is 76.0 Å². The maximum atomic E-state index is 13.2. The van der Waals surface area contributed by atoms with E-state index in [1.807, 2.05) is 0 Å². The number of phenols is 5. The Bertz CT molecular complexity index is 1830. The van der Waals surface area contributed by atoms with Gasteiger partial charge in [-0.25, -0.2) is 4.79 Å². The second-order valence-electron chi connectivity index (χ2n) is 9.94. The number of fused-ring (bicyclic) bond motifs is 1. The second kappa shape index (κ2) is 11.9. The van der Waals surface area contributed by atoms with E-state index in [4.69, 9.17) is 13.9 Å². The Hall–Kier alpha value is -5.12. The summed E-state index contributed by atoms with van der Waals surface area (Å²) in [5, 5.41) is 90.7. The number of benzene rings is 3. The maximum absolute atomic E-state index is 13.2. The predicted molar refractivity (Wildman–Crippen MR) is 150 cm³/mol. The molecule has 0 radical (unpaired) electrons. The second-order valence-corrected chi connectivity index (χ2v) is 9.94. The number of phenolic OH excluding ortho intramolecular Hbond substituents is 5. The Labute approximate surface area is 246 Å². The molecule has 14 heteroatoms. The molecule has 0 spiro atoms. The number of aliphatic hydroxyl groups excluding tert-OH is 4. The van der Waals surface area contributed by atoms with Crippen LogP contribution in [0.5, 0.6) is 34.5 Å². The lowest BCUT2D eigenvalue weighted by Crippen LogP contribution is -2.55. The smallest absolute Gasteiger partial charge is 0.336 e. The molecule has 1 fully saturated rings. The SMILES string of the molecule is O=C(/C=C/c1ccc(O)c(O)c1)Oc1cc(O)c2c(=O)cc(-c3ccc(O)c(O)c3)oc2c1[C@@H]1O[C@H](CO)[C@@H](O)[C@H](O)[C@H]1O. The van der Waals surface area contributed by atoms with Crippen LogP contribution in [0.15, 0.2) is 63.8 Å². The van der Waals surface area contributed by atoms with Crippen molar-refractivity contribution < 1.29 is 64.6 Å². The van der Waals surface area contributed by atoms with Crippen LogP contribution in [0, 0.1) is 0 Å². The number of ether oxygens (including phenoxy) is 2. The number of carbonyl (C=O) groups is 1. The summed E-state index contributed by atoms with van der Waals surface area (Å²) in [4.78, 5) is 26.1. The first kappa shape index (κ1) is 30.3. The molecule has 44 heavy (non-hydrogen) atoms. The molecule has 230 valence electrons. The van der Waals surface area contributed by atoms with Gasteiger partial charge < -0.3 is 59.8 Å². The van der Waals surface area contributed by atoms with Crippen molar-refractivity contribution in [1.82, 2.24) is 0 Å². The fraction of sp³-hybridized carbons (Fsp3) is 0.200. The molecule has 0 unspecified atom stereocenters. The average Bonchev–Trinajstić information content (AvgIpc) is 2.98. The molecule has 2 heterocycles. The Balaban J connectivity index is 1.68. The number of hydrogen-bond acceptors (Lipinski definition) is 14. The molecule has 0 bridgehead atoms. The Morgan fingerprint density at radius 1 is 0.818 bits per heavy atom. The third-order valence-corrected chi connectivity index (χ3v) is 7.04. The van der Waals surface area contributed by atoms with Crippen LogP contribution in [-0.4, -0.2) is 83.0 Å². The zero-order valence-electron chi connectivity index (χ0n) is 22.4. The number of carbonyl (C=O) groups excluding carboxylic acids is 1. The van der Waals surface area contributed by atoms with E-state index >= 15 is 0 Å². The summed E-state index contributed by atoms with van der Waals surface area (Å²) in [5.74, 6) is -4.31. The van der Waals surface area contributed by atoms with Gasteiger partial charge in [0.25, 0.3) is 0 Å². The molecule has 1 aliphatic heterocycles. The van der Waals surface area contributed by atoms with Gasteiger partial charge in [0, 0.05) is 23.8 Å². The minimum absolute atomic E-state index is 0.0982. The highest BCUT2D eigenvalue weighted by molar-refractivity contribution is 5.93. The number of rotatable bonds is 6. The molecule has 0 aliphatic carbocycles. The predicted octanol–water partition coefficient (Wildman–Crippen LogP) is 1.12. The summed E-state index contributed by atoms with van der Waals surface area (Å²) in [6.45, 7) is -0.809. The van der Waals surface area contributed by atoms with Gasteiger partial charge in [0.05, 0.1) is 12.2 Å². The van der Waals surface area contributed by atoms with Crippen molar-refractivity contribution in [1.29, 1.82) is 0 Å². The van der Waals surface area contributed by atoms with Gasteiger partial charge in [-0.2, -0.15) is 0 Å². The summed E-state index contributed by atoms with van der Waals surface area (Å²) in [6, 6.07) is 9.11. The largest absolute Gasteiger partial charge is 0.507 e. The summed E-state index contributed by atoms with van der Waals surface area (Å²) in [7, 11) is 0. The lowest BCUT2D eigenvalue weighted by molar-refractivity contribution is -0.231. The monoisotopic (exact) mass is 610 g/mol. The summed E-state index contributed by atoms with van der Waals surface area (Å²) < 4.78 is 17.0. The number of esters is 1. The molecular weight excluding hydrogens is 584 g/mol. The van der Waals surface area contributed by atoms with Crippen molar-refractivity contribution in [2.75, 3.05) is 6.61 Å². The van der Waals surface area contributed by atoms with Gasteiger partial charge in [-0.05, 0) is 42.0 Å². The van der Waals surface area contributed by atoms with Gasteiger partial charge in [-0.3, -0.25) is 4.79 Å². The lowest BCUT2D eigenvalue weighted by atomic mass is 9.89. The molecule has 1 aromatic heterocycles. The van der Waals surface area contributed by atoms with Crippen LogP contribution in [-0.2, 0) is 9.53 Å². The summed E-state index contributed by atoms with van der Waals surface area (Å²) in [5.41, 5.74) is -1.26. The number of hydrogen-bond donors (Lipinski definition) is 9. The van der Waals surface area contributed by atoms with Crippen molar-refractivity contribution in [2.45, 2.75) is 30.5 Å². The van der Waals surface area contributed by atoms with Crippen LogP contribution >= 0.6 is 0 Å². The van der Waals surface area contributed by atoms with Crippen LogP contribution < -0.4 is 10.2 Å². The fourth-order valence-electron chi connectivity index (χ4n) is 4.78. The van der Waals surface area contributed by atoms with Crippen LogP contribution in [0.2, 0.25) is 0 Å². The third kappa shape index (κ3) is 5.62. The molecule has 5 atom stereocenters. The molecule has 0 saturated carbocycles. The van der Waals surface area contributed by atoms with Crippen molar-refractivity contribution in [2.24, 2.45) is 0 Å². The Morgan fingerprint density at radius 2 is 1.50 bits per heavy atom. The molecule has 1 aliphatic rings. The first-order valence-electron chi connectivity index (χ1n) is 13.0. The van der Waals surface area contributed by atoms with E-state index in [1.54, 1.807) is 0 Å². The molecular formula is C30H26O14. The topological polar surface area (TPSA) is 248 Å². The zero-order chi connectivity index (χ0) is 31.9. The number of aromatic hydroxyl groups is 5. The maximum Gasteiger partial charge on any atom is 0.336 e. The van der Waals surface area contributed by atoms with E-state index < -0.39 is 88.2 Å². The van der Waals surface area contributed by atoms with E-state index in [9.17, 15) is 55.5 Å². The van der Waals surface area contributed by atoms with E-state index in [2.05, 4.69) is 0 Å². The van der Waals surface area contributed by atoms with Crippen molar-refractivity contribution in [3.8, 4) is 45.8 Å². The van der Waals surface area contributed by atoms with Crippen LogP contribution in [0.25, 0.3) is 28.4 Å². The first-order valence-corrected chi connectivity index (χ1v) is 13.0. The molecule has 14 nitrogen and oxygen atoms in total. The Kier molecular flexibility index (Phi) is 8.19. The highest BCUT2D eigenvalue weighted by atomic mass is 16.6. The normalized spacial score (nSPS) is 22.0. The minimum atomic E-state index is -1.93. The van der Waals surface area contributed by atoms with Gasteiger partial charge in [-0.15, -0.1) is 0 Å². The van der Waals surface area contributed by atoms with E-state index in [0.29, 0.717) is 5.56 Å². The molecule has 3 aromatic carbocycles. The standard InChI is InChI=1S/C30H26O14/c31-11-22-26(39)27(40)28(41)30(44-22)25-21(42-23(38)6-2-12-1-4-14(32)16(34)7-12)10-19(37)24-18(36)9-20(43-29(24)25)13-3-5-15(33)17(35)8-13/h1-10,22,26-28,30-35,37,39-41H,11H2/b6-2+/t22-,26-,27+,28-,30+/m1/s1. The van der Waals surface area contributed by atoms with Gasteiger partial charge in [0.1, 0.15) is 53.2 Å². The van der Waals surface area contributed by atoms with Crippen LogP contribution in [0.1, 0.15) is 17.2 Å². The molecule has 5 rings (SSSR count). The summed E-state index contributed by atoms with van der Waals surface area (Å²) >= 11 is 0. The van der Waals surface area contributed by atoms with Gasteiger partial charge in [0.2, 0.25) is 0 Å². The minimum Gasteiger partial charge on any atom is -0.507 e. The third-order valence-electron chi connectivity index (χ3n) is 7.04. The van der Waals surface area contributed by atoms with Crippen molar-refractivity contribution >= 4 is 23.0 Å². The average molecular weight is 611 g/mol. The highest BCUT2D eigenvalue weighted by Crippen LogP contribution is 2.44. The van der Waals surface area contributed by atoms with E-state index in [0.717, 1.165) is 36.4 Å². The molecule has 4 aromatic rings. The molecule has 1 saturated heterocycles. The fourth-order valence-corrected chi connectivity index (χ4v) is 4.78. The van der Waals surface area contributed by atoms with E-state index in [1.165, 1.54) is 24.3 Å². The molecule has 0 amide bonds. The van der Waals surface area contributed by atoms with Gasteiger partial charge in [-0.1, -0.05) is 6.07 Å². The number of aliphatic hydroxyl groups is 4. The molecule has 9 N–H and O–H groups in total. The van der Waals surface area contributed by atoms with Crippen molar-refractivity contribution in [3.63, 3.8) is 0 Å². The van der Waals surface area contributed by atoms with E-state index in [-0.39, 0.29) is 22.6 Å². The zero-order valence-corrected chi connectivity index (χ0v) is 22.4. The summed E-state index contributed by atoms with van der Waals surface area (Å²) in [6.07, 6.45) is -6.54. The van der Waals surface area contributed by atoms with Gasteiger partial charge in [0.15, 0.2) is 34.0 Å². The van der Waals surface area contributed by atoms with Gasteiger partial charge >= 0.3 is 5.97 Å². The lowest BCUT2D eigenvalue weighted by Gasteiger charge is -2.40. The van der Waals surface area contributed by atoms with Crippen LogP contribution in [0.3, 0.4) is 0 Å². The highest BCUT2D eigenvalue weighted by Gasteiger charge is 2.46. The Morgan fingerprint density at radius 3 is 2.16 bits per heavy atom. The first-order chi connectivity index (χ1) is 20.9.